The molecule has 0 unspecified atom stereocenters. The van der Waals surface area contributed by atoms with Gasteiger partial charge in [0, 0.05) is 12.3 Å². The summed E-state index contributed by atoms with van der Waals surface area (Å²) in [5, 5.41) is 18.7. The van der Waals surface area contributed by atoms with E-state index >= 15 is 0 Å². The van der Waals surface area contributed by atoms with Crippen molar-refractivity contribution in [3.8, 4) is 0 Å². The molecule has 2 N–H and O–H groups in total. The predicted octanol–water partition coefficient (Wildman–Crippen LogP) is 1.58. The summed E-state index contributed by atoms with van der Waals surface area (Å²) in [4.78, 5) is 11.7. The van der Waals surface area contributed by atoms with Crippen LogP contribution in [-0.2, 0) is 9.53 Å². The molecular formula is C15H22O4. The number of allylic oxidation sites excluding steroid dienone is 2. The molecule has 4 heteroatoms. The van der Waals surface area contributed by atoms with Gasteiger partial charge in [-0.1, -0.05) is 19.1 Å². The highest BCUT2D eigenvalue weighted by molar-refractivity contribution is 5.74. The number of aliphatic hydroxyl groups is 2. The largest absolute Gasteiger partial charge is 0.461 e. The third kappa shape index (κ3) is 3.25. The van der Waals surface area contributed by atoms with Gasteiger partial charge in [0.15, 0.2) is 0 Å². The molecular weight excluding hydrogens is 244 g/mol. The highest BCUT2D eigenvalue weighted by atomic mass is 16.6. The van der Waals surface area contributed by atoms with Crippen molar-refractivity contribution in [3.63, 3.8) is 0 Å². The summed E-state index contributed by atoms with van der Waals surface area (Å²) < 4.78 is 5.43. The minimum absolute atomic E-state index is 0.00727. The number of aliphatic hydroxyl groups excluding tert-OH is 2. The number of hydrogen-bond donors (Lipinski definition) is 2. The topological polar surface area (TPSA) is 66.8 Å². The van der Waals surface area contributed by atoms with Gasteiger partial charge in [0.2, 0.25) is 0 Å². The monoisotopic (exact) mass is 266 g/mol. The van der Waals surface area contributed by atoms with E-state index in [1.54, 1.807) is 0 Å². The van der Waals surface area contributed by atoms with Crippen LogP contribution in [0.25, 0.3) is 0 Å². The van der Waals surface area contributed by atoms with Crippen LogP contribution in [0.15, 0.2) is 23.3 Å². The molecule has 19 heavy (non-hydrogen) atoms. The van der Waals surface area contributed by atoms with Gasteiger partial charge in [0.1, 0.15) is 6.10 Å². The molecule has 106 valence electrons. The first-order valence-corrected chi connectivity index (χ1v) is 6.93. The van der Waals surface area contributed by atoms with Gasteiger partial charge >= 0.3 is 5.97 Å². The van der Waals surface area contributed by atoms with Crippen molar-refractivity contribution in [2.24, 2.45) is 11.8 Å². The van der Waals surface area contributed by atoms with Crippen LogP contribution in [0.2, 0.25) is 0 Å². The van der Waals surface area contributed by atoms with Crippen molar-refractivity contribution in [1.29, 1.82) is 0 Å². The van der Waals surface area contributed by atoms with Crippen LogP contribution >= 0.6 is 0 Å². The zero-order valence-electron chi connectivity index (χ0n) is 11.3. The normalized spacial score (nSPS) is 34.9. The lowest BCUT2D eigenvalue weighted by atomic mass is 9.84. The maximum absolute atomic E-state index is 11.7. The Morgan fingerprint density at radius 3 is 2.68 bits per heavy atom. The van der Waals surface area contributed by atoms with Crippen LogP contribution in [-0.4, -0.2) is 35.5 Å². The fourth-order valence-corrected chi connectivity index (χ4v) is 2.87. The van der Waals surface area contributed by atoms with Crippen LogP contribution in [0, 0.1) is 11.8 Å². The van der Waals surface area contributed by atoms with Crippen LogP contribution in [0.3, 0.4) is 0 Å². The number of esters is 1. The van der Waals surface area contributed by atoms with Gasteiger partial charge in [-0.2, -0.15) is 0 Å². The van der Waals surface area contributed by atoms with E-state index in [2.05, 4.69) is 0 Å². The number of fused-ring (bicyclic) bond motifs is 1. The summed E-state index contributed by atoms with van der Waals surface area (Å²) in [7, 11) is 0. The second-order valence-electron chi connectivity index (χ2n) is 5.45. The van der Waals surface area contributed by atoms with Crippen molar-refractivity contribution in [2.45, 2.75) is 38.7 Å². The highest BCUT2D eigenvalue weighted by Crippen LogP contribution is 2.35. The Labute approximate surface area is 113 Å². The summed E-state index contributed by atoms with van der Waals surface area (Å²) in [6.07, 6.45) is 6.90. The van der Waals surface area contributed by atoms with E-state index < -0.39 is 0 Å². The molecule has 1 aliphatic carbocycles. The average molecular weight is 266 g/mol. The van der Waals surface area contributed by atoms with Gasteiger partial charge in [0.25, 0.3) is 0 Å². The lowest BCUT2D eigenvalue weighted by molar-refractivity contribution is -0.143. The first kappa shape index (κ1) is 14.3. The second kappa shape index (κ2) is 6.35. The first-order chi connectivity index (χ1) is 9.15. The van der Waals surface area contributed by atoms with Crippen molar-refractivity contribution >= 4 is 5.97 Å². The Morgan fingerprint density at radius 2 is 2.00 bits per heavy atom. The molecule has 0 aromatic heterocycles. The van der Waals surface area contributed by atoms with Gasteiger partial charge in [-0.25, -0.2) is 0 Å². The second-order valence-corrected chi connectivity index (χ2v) is 5.45. The lowest BCUT2D eigenvalue weighted by Crippen LogP contribution is -2.21. The molecule has 1 aliphatic heterocycles. The van der Waals surface area contributed by atoms with E-state index in [0.29, 0.717) is 6.42 Å². The number of carbonyl (C=O) groups is 1. The van der Waals surface area contributed by atoms with E-state index in [4.69, 9.17) is 4.74 Å². The Morgan fingerprint density at radius 1 is 1.26 bits per heavy atom. The lowest BCUT2D eigenvalue weighted by Gasteiger charge is -2.20. The number of ether oxygens (including phenoxy) is 1. The molecule has 1 saturated heterocycles. The van der Waals surface area contributed by atoms with Crippen LogP contribution < -0.4 is 0 Å². The molecule has 2 aliphatic rings. The maximum atomic E-state index is 11.7. The molecule has 0 bridgehead atoms. The van der Waals surface area contributed by atoms with Gasteiger partial charge in [-0.3, -0.25) is 4.79 Å². The van der Waals surface area contributed by atoms with Crippen LogP contribution in [0.4, 0.5) is 0 Å². The Bertz CT molecular complexity index is 397. The molecule has 0 aromatic carbocycles. The summed E-state index contributed by atoms with van der Waals surface area (Å²) >= 11 is 0. The molecule has 0 radical (unpaired) electrons. The van der Waals surface area contributed by atoms with Crippen molar-refractivity contribution in [2.75, 3.05) is 13.2 Å². The third-order valence-electron chi connectivity index (χ3n) is 4.21. The fourth-order valence-electron chi connectivity index (χ4n) is 2.87. The quantitative estimate of drug-likeness (QED) is 0.588. The van der Waals surface area contributed by atoms with Gasteiger partial charge in [0.05, 0.1) is 19.1 Å². The van der Waals surface area contributed by atoms with E-state index in [9.17, 15) is 15.0 Å². The molecule has 0 aromatic rings. The molecule has 1 fully saturated rings. The van der Waals surface area contributed by atoms with Crippen molar-refractivity contribution < 1.29 is 19.7 Å². The first-order valence-electron chi connectivity index (χ1n) is 6.93. The molecule has 0 saturated carbocycles. The number of carbonyl (C=O) groups excluding carboxylic acids is 1. The minimum atomic E-state index is -0.148. The van der Waals surface area contributed by atoms with Gasteiger partial charge < -0.3 is 14.9 Å². The van der Waals surface area contributed by atoms with E-state index in [-0.39, 0.29) is 37.1 Å². The van der Waals surface area contributed by atoms with Gasteiger partial charge in [-0.15, -0.1) is 0 Å². The predicted molar refractivity (Wildman–Crippen MR) is 71.3 cm³/mol. The van der Waals surface area contributed by atoms with E-state index in [1.807, 2.05) is 19.1 Å². The highest BCUT2D eigenvalue weighted by Gasteiger charge is 2.41. The SMILES string of the molecule is C[C@H]1C(=O)O[C@H]2CC(CO)=CCC/C(CO)=C/C[C@@H]21. The Hall–Kier alpha value is -1.13. The standard InChI is InChI=1S/C15H22O4/c1-10-13-6-5-11(8-16)3-2-4-12(9-17)7-14(13)19-15(10)18/h4-5,10,13-14,16-17H,2-3,6-9H2,1H3/b11-5-,12-4?/t10-,13-,14+/m1/s1. The Kier molecular flexibility index (Phi) is 4.77. The van der Waals surface area contributed by atoms with Crippen LogP contribution in [0.1, 0.15) is 32.6 Å². The van der Waals surface area contributed by atoms with E-state index in [1.165, 1.54) is 0 Å². The fraction of sp³-hybridized carbons (Fsp3) is 0.667. The maximum Gasteiger partial charge on any atom is 0.309 e. The summed E-state index contributed by atoms with van der Waals surface area (Å²) in [6.45, 7) is 1.96. The summed E-state index contributed by atoms with van der Waals surface area (Å²) in [5.74, 6) is -0.117. The van der Waals surface area contributed by atoms with Crippen molar-refractivity contribution in [3.05, 3.63) is 23.3 Å². The number of rotatable bonds is 2. The molecule has 2 rings (SSSR count). The van der Waals surface area contributed by atoms with E-state index in [0.717, 1.165) is 30.4 Å². The van der Waals surface area contributed by atoms with Crippen molar-refractivity contribution in [1.82, 2.24) is 0 Å². The van der Waals surface area contributed by atoms with Crippen LogP contribution in [0.5, 0.6) is 0 Å². The third-order valence-corrected chi connectivity index (χ3v) is 4.21. The molecule has 4 nitrogen and oxygen atoms in total. The Balaban J connectivity index is 2.22. The number of hydrogen-bond acceptors (Lipinski definition) is 4. The molecule has 3 atom stereocenters. The molecule has 0 amide bonds. The summed E-state index contributed by atoms with van der Waals surface area (Å²) in [6, 6.07) is 0. The summed E-state index contributed by atoms with van der Waals surface area (Å²) in [5.41, 5.74) is 1.93. The van der Waals surface area contributed by atoms with Gasteiger partial charge in [-0.05, 0) is 30.4 Å². The zero-order chi connectivity index (χ0) is 13.8. The molecule has 0 spiro atoms. The zero-order valence-corrected chi connectivity index (χ0v) is 11.3. The smallest absolute Gasteiger partial charge is 0.309 e. The molecule has 1 heterocycles. The minimum Gasteiger partial charge on any atom is -0.461 e. The average Bonchev–Trinajstić information content (AvgIpc) is 2.68.